The smallest absolute Gasteiger partial charge is 0.220 e. The SMILES string of the molecule is C[C@@H]1CC[C@@H](CC(=O)NCCc2ccccc2)C2(OOC([Si](C)(C)C)O2)[C@H]1CCC1(C)OCC(C)(C)CO1. The average molecular weight is 548 g/mol. The van der Waals surface area contributed by atoms with Gasteiger partial charge in [0.05, 0.1) is 13.2 Å². The summed E-state index contributed by atoms with van der Waals surface area (Å²) in [6.07, 6.45) is 4.60. The van der Waals surface area contributed by atoms with Gasteiger partial charge in [-0.1, -0.05) is 70.7 Å². The van der Waals surface area contributed by atoms with Crippen molar-refractivity contribution in [1.29, 1.82) is 0 Å². The van der Waals surface area contributed by atoms with Gasteiger partial charge in [0.1, 0.15) is 8.07 Å². The summed E-state index contributed by atoms with van der Waals surface area (Å²) < 4.78 is 19.2. The van der Waals surface area contributed by atoms with Crippen LogP contribution in [0.3, 0.4) is 0 Å². The second-order valence-corrected chi connectivity index (χ2v) is 19.0. The van der Waals surface area contributed by atoms with Gasteiger partial charge in [-0.15, -0.1) is 0 Å². The van der Waals surface area contributed by atoms with Gasteiger partial charge in [-0.25, -0.2) is 4.89 Å². The first-order valence-corrected chi connectivity index (χ1v) is 18.0. The predicted molar refractivity (Wildman–Crippen MR) is 150 cm³/mol. The van der Waals surface area contributed by atoms with Crippen molar-refractivity contribution in [3.63, 3.8) is 0 Å². The molecular weight excluding hydrogens is 498 g/mol. The van der Waals surface area contributed by atoms with Crippen molar-refractivity contribution in [2.24, 2.45) is 23.2 Å². The summed E-state index contributed by atoms with van der Waals surface area (Å²) >= 11 is 0. The quantitative estimate of drug-likeness (QED) is 0.309. The largest absolute Gasteiger partial charge is 0.356 e. The summed E-state index contributed by atoms with van der Waals surface area (Å²) in [7, 11) is -1.82. The number of ether oxygens (including phenoxy) is 3. The van der Waals surface area contributed by atoms with Gasteiger partial charge in [0, 0.05) is 36.6 Å². The summed E-state index contributed by atoms with van der Waals surface area (Å²) in [5.41, 5.74) is 1.24. The molecule has 7 nitrogen and oxygen atoms in total. The Morgan fingerprint density at radius 1 is 1.05 bits per heavy atom. The Labute approximate surface area is 230 Å². The van der Waals surface area contributed by atoms with Crippen LogP contribution >= 0.6 is 0 Å². The number of hydrogen-bond donors (Lipinski definition) is 1. The summed E-state index contributed by atoms with van der Waals surface area (Å²) in [5, 5.41) is 3.13. The van der Waals surface area contributed by atoms with Crippen molar-refractivity contribution in [3.05, 3.63) is 35.9 Å². The van der Waals surface area contributed by atoms with Crippen LogP contribution in [-0.4, -0.2) is 51.2 Å². The van der Waals surface area contributed by atoms with Crippen molar-refractivity contribution in [1.82, 2.24) is 5.32 Å². The lowest BCUT2D eigenvalue weighted by atomic mass is 9.67. The molecule has 5 atom stereocenters. The van der Waals surface area contributed by atoms with Crippen LogP contribution in [0.2, 0.25) is 19.6 Å². The zero-order chi connectivity index (χ0) is 27.6. The molecule has 2 aliphatic heterocycles. The number of carbonyl (C=O) groups excluding carboxylic acids is 1. The van der Waals surface area contributed by atoms with Crippen LogP contribution in [0, 0.1) is 23.2 Å². The van der Waals surface area contributed by atoms with Crippen LogP contribution < -0.4 is 5.32 Å². The van der Waals surface area contributed by atoms with E-state index in [4.69, 9.17) is 24.0 Å². The summed E-state index contributed by atoms with van der Waals surface area (Å²) in [6, 6.07) is 10.2. The summed E-state index contributed by atoms with van der Waals surface area (Å²) in [5.74, 6) is -1.55. The van der Waals surface area contributed by atoms with Crippen LogP contribution in [0.15, 0.2) is 30.3 Å². The highest BCUT2D eigenvalue weighted by Crippen LogP contribution is 2.53. The van der Waals surface area contributed by atoms with Gasteiger partial charge >= 0.3 is 0 Å². The molecule has 0 aromatic heterocycles. The molecule has 1 saturated carbocycles. The molecule has 4 rings (SSSR count). The van der Waals surface area contributed by atoms with Crippen LogP contribution in [0.5, 0.6) is 0 Å². The monoisotopic (exact) mass is 547 g/mol. The molecule has 1 aliphatic carbocycles. The lowest BCUT2D eigenvalue weighted by molar-refractivity contribution is -0.370. The number of hydrogen-bond acceptors (Lipinski definition) is 6. The van der Waals surface area contributed by atoms with Crippen molar-refractivity contribution >= 4 is 14.0 Å². The Kier molecular flexibility index (Phi) is 9.12. The van der Waals surface area contributed by atoms with E-state index in [1.54, 1.807) is 0 Å². The third-order valence-corrected chi connectivity index (χ3v) is 10.1. The minimum Gasteiger partial charge on any atom is -0.356 e. The number of amides is 1. The maximum Gasteiger partial charge on any atom is 0.220 e. The standard InChI is InChI=1S/C30H49NO6Si/c1-22-13-14-24(19-26(32)31-18-16-23-11-9-8-10-12-23)30(35-27(36-37-30)38(5,6)7)25(22)15-17-29(4)33-20-28(2,3)21-34-29/h8-12,22,24-25,27H,13-21H2,1-7H3,(H,31,32)/t22-,24+,25+,27?,30?/m1/s1. The van der Waals surface area contributed by atoms with Crippen LogP contribution in [-0.2, 0) is 35.2 Å². The molecule has 2 heterocycles. The van der Waals surface area contributed by atoms with Gasteiger partial charge in [-0.3, -0.25) is 4.79 Å². The Balaban J connectivity index is 1.46. The van der Waals surface area contributed by atoms with Crippen LogP contribution in [0.1, 0.15) is 65.4 Å². The van der Waals surface area contributed by atoms with Crippen molar-refractivity contribution in [2.75, 3.05) is 19.8 Å². The zero-order valence-electron chi connectivity index (χ0n) is 24.5. The lowest BCUT2D eigenvalue weighted by Crippen LogP contribution is -2.55. The van der Waals surface area contributed by atoms with E-state index in [0.29, 0.717) is 32.1 Å². The Morgan fingerprint density at radius 2 is 1.74 bits per heavy atom. The van der Waals surface area contributed by atoms with E-state index in [9.17, 15) is 4.79 Å². The molecule has 3 fully saturated rings. The molecule has 0 bridgehead atoms. The van der Waals surface area contributed by atoms with Gasteiger partial charge < -0.3 is 19.5 Å². The molecule has 3 aliphatic rings. The minimum atomic E-state index is -1.82. The molecule has 0 radical (unpaired) electrons. The molecule has 1 aromatic carbocycles. The van der Waals surface area contributed by atoms with Crippen LogP contribution in [0.4, 0.5) is 0 Å². The third-order valence-electron chi connectivity index (χ3n) is 8.46. The van der Waals surface area contributed by atoms with Crippen molar-refractivity contribution < 1.29 is 28.8 Å². The molecule has 38 heavy (non-hydrogen) atoms. The molecular formula is C30H49NO6Si. The molecule has 214 valence electrons. The molecule has 1 aromatic rings. The van der Waals surface area contributed by atoms with Gasteiger partial charge in [-0.2, -0.15) is 4.89 Å². The summed E-state index contributed by atoms with van der Waals surface area (Å²) in [4.78, 5) is 25.3. The molecule has 1 amide bonds. The van der Waals surface area contributed by atoms with E-state index < -0.39 is 19.6 Å². The van der Waals surface area contributed by atoms with Crippen molar-refractivity contribution in [3.8, 4) is 0 Å². The molecule has 8 heteroatoms. The van der Waals surface area contributed by atoms with E-state index in [0.717, 1.165) is 32.1 Å². The van der Waals surface area contributed by atoms with E-state index in [-0.39, 0.29) is 29.1 Å². The lowest BCUT2D eigenvalue weighted by Gasteiger charge is -2.48. The molecule has 2 unspecified atom stereocenters. The number of benzene rings is 1. The predicted octanol–water partition coefficient (Wildman–Crippen LogP) is 5.85. The first-order chi connectivity index (χ1) is 17.8. The Morgan fingerprint density at radius 3 is 2.37 bits per heavy atom. The van der Waals surface area contributed by atoms with E-state index in [1.807, 2.05) is 25.1 Å². The normalized spacial score (nSPS) is 32.8. The first kappa shape index (κ1) is 29.7. The maximum atomic E-state index is 13.1. The fourth-order valence-electron chi connectivity index (χ4n) is 5.88. The highest BCUT2D eigenvalue weighted by molar-refractivity contribution is 6.77. The number of carbonyl (C=O) groups is 1. The number of nitrogens with one attached hydrogen (secondary N) is 1. The highest BCUT2D eigenvalue weighted by atomic mass is 28.3. The fourth-order valence-corrected chi connectivity index (χ4v) is 6.76. The van der Waals surface area contributed by atoms with E-state index >= 15 is 0 Å². The van der Waals surface area contributed by atoms with Gasteiger partial charge in [0.15, 0.2) is 11.7 Å². The minimum absolute atomic E-state index is 0.0217. The van der Waals surface area contributed by atoms with Gasteiger partial charge in [0.2, 0.25) is 11.7 Å². The number of rotatable bonds is 9. The zero-order valence-corrected chi connectivity index (χ0v) is 25.5. The highest BCUT2D eigenvalue weighted by Gasteiger charge is 2.60. The van der Waals surface area contributed by atoms with Gasteiger partial charge in [-0.05, 0) is 44.1 Å². The van der Waals surface area contributed by atoms with E-state index in [2.05, 4.69) is 57.9 Å². The van der Waals surface area contributed by atoms with E-state index in [1.165, 1.54) is 5.56 Å². The first-order valence-electron chi connectivity index (χ1n) is 14.4. The molecule has 1 N–H and O–H groups in total. The maximum absolute atomic E-state index is 13.1. The third kappa shape index (κ3) is 7.07. The summed E-state index contributed by atoms with van der Waals surface area (Å²) in [6.45, 7) is 17.3. The molecule has 1 spiro atoms. The van der Waals surface area contributed by atoms with Crippen molar-refractivity contribution in [2.45, 2.75) is 103 Å². The fraction of sp³-hybridized carbons (Fsp3) is 0.767. The Hall–Kier alpha value is -1.29. The molecule has 2 saturated heterocycles. The average Bonchev–Trinajstić information content (AvgIpc) is 3.30. The topological polar surface area (TPSA) is 75.3 Å². The van der Waals surface area contributed by atoms with Crippen LogP contribution in [0.25, 0.3) is 0 Å². The second kappa shape index (κ2) is 11.7. The Bertz CT molecular complexity index is 924. The van der Waals surface area contributed by atoms with Gasteiger partial charge in [0.25, 0.3) is 0 Å². The second-order valence-electron chi connectivity index (χ2n) is 13.8.